The zero-order valence-corrected chi connectivity index (χ0v) is 9.13. The molecule has 0 radical (unpaired) electrons. The fraction of sp³-hybridized carbons (Fsp3) is 0.727. The van der Waals surface area contributed by atoms with Crippen LogP contribution >= 0.6 is 0 Å². The summed E-state index contributed by atoms with van der Waals surface area (Å²) in [6.07, 6.45) is 2.16. The van der Waals surface area contributed by atoms with E-state index < -0.39 is 0 Å². The minimum atomic E-state index is 0.00969. The van der Waals surface area contributed by atoms with E-state index in [4.69, 9.17) is 4.74 Å². The second kappa shape index (κ2) is 3.39. The molecule has 3 nitrogen and oxygen atoms in total. The number of hydrogen-bond donors (Lipinski definition) is 1. The van der Waals surface area contributed by atoms with Gasteiger partial charge < -0.3 is 4.74 Å². The molecule has 0 aromatic carbocycles. The molecule has 0 spiro atoms. The lowest BCUT2D eigenvalue weighted by Gasteiger charge is -2.34. The molecule has 1 saturated heterocycles. The molecule has 1 unspecified atom stereocenters. The molecular weight excluding hydrogens is 176 g/mol. The Morgan fingerprint density at radius 2 is 2.36 bits per heavy atom. The van der Waals surface area contributed by atoms with E-state index in [1.54, 1.807) is 0 Å². The fourth-order valence-corrected chi connectivity index (χ4v) is 2.13. The van der Waals surface area contributed by atoms with Crippen LogP contribution in [0.2, 0.25) is 0 Å². The monoisotopic (exact) mass is 194 g/mol. The Kier molecular flexibility index (Phi) is 2.35. The summed E-state index contributed by atoms with van der Waals surface area (Å²) in [6, 6.07) is 2.14. The first-order chi connectivity index (χ1) is 6.57. The van der Waals surface area contributed by atoms with Crippen molar-refractivity contribution in [1.82, 2.24) is 10.2 Å². The first-order valence-corrected chi connectivity index (χ1v) is 5.23. The van der Waals surface area contributed by atoms with Crippen molar-refractivity contribution >= 4 is 0 Å². The Morgan fingerprint density at radius 3 is 2.93 bits per heavy atom. The molecule has 1 atom stereocenters. The van der Waals surface area contributed by atoms with Gasteiger partial charge in [0.2, 0.25) is 0 Å². The summed E-state index contributed by atoms with van der Waals surface area (Å²) in [4.78, 5) is 0. The van der Waals surface area contributed by atoms with Crippen LogP contribution in [0.15, 0.2) is 6.07 Å². The predicted octanol–water partition coefficient (Wildman–Crippen LogP) is 2.39. The molecule has 0 saturated carbocycles. The van der Waals surface area contributed by atoms with Crippen LogP contribution in [-0.4, -0.2) is 22.4 Å². The molecule has 14 heavy (non-hydrogen) atoms. The van der Waals surface area contributed by atoms with E-state index >= 15 is 0 Å². The molecule has 0 amide bonds. The largest absolute Gasteiger partial charge is 0.376 e. The summed E-state index contributed by atoms with van der Waals surface area (Å²) >= 11 is 0. The highest BCUT2D eigenvalue weighted by Crippen LogP contribution is 2.34. The minimum Gasteiger partial charge on any atom is -0.376 e. The van der Waals surface area contributed by atoms with Crippen molar-refractivity contribution < 1.29 is 4.74 Å². The lowest BCUT2D eigenvalue weighted by atomic mass is 9.86. The van der Waals surface area contributed by atoms with E-state index in [0.717, 1.165) is 25.1 Å². The summed E-state index contributed by atoms with van der Waals surface area (Å²) in [5.74, 6) is 0.559. The molecule has 0 bridgehead atoms. The van der Waals surface area contributed by atoms with Crippen molar-refractivity contribution in [1.29, 1.82) is 0 Å². The predicted molar refractivity (Wildman–Crippen MR) is 55.3 cm³/mol. The Balaban J connectivity index is 2.12. The quantitative estimate of drug-likeness (QED) is 0.745. The standard InChI is InChI=1S/C11H18N2O/c1-8-6-10(13-12-8)9-4-5-14-11(2,3)7-9/h6,9H,4-5,7H2,1-3H3,(H,12,13). The molecular formula is C11H18N2O. The summed E-state index contributed by atoms with van der Waals surface area (Å²) in [7, 11) is 0. The van der Waals surface area contributed by atoms with Crippen molar-refractivity contribution in [3.05, 3.63) is 17.5 Å². The molecule has 1 aliphatic heterocycles. The number of ether oxygens (including phenoxy) is 1. The van der Waals surface area contributed by atoms with Crippen molar-refractivity contribution in [2.45, 2.75) is 45.1 Å². The normalized spacial score (nSPS) is 26.4. The average Bonchev–Trinajstić information content (AvgIpc) is 2.50. The van der Waals surface area contributed by atoms with Gasteiger partial charge in [0.05, 0.1) is 11.3 Å². The molecule has 0 aliphatic carbocycles. The number of nitrogens with one attached hydrogen (secondary N) is 1. The van der Waals surface area contributed by atoms with Crippen molar-refractivity contribution in [3.8, 4) is 0 Å². The zero-order chi connectivity index (χ0) is 10.2. The zero-order valence-electron chi connectivity index (χ0n) is 9.13. The van der Waals surface area contributed by atoms with Gasteiger partial charge in [-0.15, -0.1) is 0 Å². The van der Waals surface area contributed by atoms with E-state index in [2.05, 4.69) is 30.1 Å². The average molecular weight is 194 g/mol. The van der Waals surface area contributed by atoms with Crippen molar-refractivity contribution in [2.75, 3.05) is 6.61 Å². The van der Waals surface area contributed by atoms with Gasteiger partial charge >= 0.3 is 0 Å². The summed E-state index contributed by atoms with van der Waals surface area (Å²) in [6.45, 7) is 7.20. The van der Waals surface area contributed by atoms with E-state index in [-0.39, 0.29) is 5.60 Å². The van der Waals surface area contributed by atoms with E-state index in [9.17, 15) is 0 Å². The first kappa shape index (κ1) is 9.71. The van der Waals surface area contributed by atoms with Crippen molar-refractivity contribution in [3.63, 3.8) is 0 Å². The summed E-state index contributed by atoms with van der Waals surface area (Å²) in [5.41, 5.74) is 2.35. The van der Waals surface area contributed by atoms with Gasteiger partial charge in [-0.05, 0) is 39.7 Å². The summed E-state index contributed by atoms with van der Waals surface area (Å²) in [5, 5.41) is 7.33. The highest BCUT2D eigenvalue weighted by Gasteiger charge is 2.30. The van der Waals surface area contributed by atoms with Crippen LogP contribution in [0.1, 0.15) is 44.0 Å². The molecule has 1 fully saturated rings. The van der Waals surface area contributed by atoms with Crippen molar-refractivity contribution in [2.24, 2.45) is 0 Å². The van der Waals surface area contributed by atoms with Crippen LogP contribution in [0.25, 0.3) is 0 Å². The van der Waals surface area contributed by atoms with Crippen LogP contribution < -0.4 is 0 Å². The van der Waals surface area contributed by atoms with Gasteiger partial charge in [0.1, 0.15) is 0 Å². The third-order valence-corrected chi connectivity index (χ3v) is 2.84. The maximum absolute atomic E-state index is 5.69. The molecule has 1 aromatic rings. The molecule has 1 aliphatic rings. The number of aromatic amines is 1. The van der Waals surface area contributed by atoms with Gasteiger partial charge in [0, 0.05) is 18.2 Å². The number of hydrogen-bond acceptors (Lipinski definition) is 2. The Labute approximate surface area is 84.9 Å². The minimum absolute atomic E-state index is 0.00969. The molecule has 1 N–H and O–H groups in total. The number of aryl methyl sites for hydroxylation is 1. The topological polar surface area (TPSA) is 37.9 Å². The second-order valence-corrected chi connectivity index (χ2v) is 4.77. The van der Waals surface area contributed by atoms with Crippen LogP contribution in [0.4, 0.5) is 0 Å². The number of nitrogens with zero attached hydrogens (tertiary/aromatic N) is 1. The molecule has 3 heteroatoms. The van der Waals surface area contributed by atoms with Crippen LogP contribution in [0.5, 0.6) is 0 Å². The Bertz CT molecular complexity index is 317. The number of aromatic nitrogens is 2. The molecule has 78 valence electrons. The SMILES string of the molecule is Cc1cc(C2CCOC(C)(C)C2)n[nH]1. The number of rotatable bonds is 1. The highest BCUT2D eigenvalue weighted by atomic mass is 16.5. The van der Waals surface area contributed by atoms with E-state index in [1.807, 2.05) is 6.92 Å². The van der Waals surface area contributed by atoms with Gasteiger partial charge in [-0.3, -0.25) is 5.10 Å². The fourth-order valence-electron chi connectivity index (χ4n) is 2.13. The number of H-pyrrole nitrogens is 1. The van der Waals surface area contributed by atoms with Gasteiger partial charge in [-0.2, -0.15) is 5.10 Å². The highest BCUT2D eigenvalue weighted by molar-refractivity contribution is 5.13. The maximum Gasteiger partial charge on any atom is 0.0657 e. The van der Waals surface area contributed by atoms with E-state index in [1.165, 1.54) is 5.69 Å². The van der Waals surface area contributed by atoms with Crippen LogP contribution in [-0.2, 0) is 4.74 Å². The lowest BCUT2D eigenvalue weighted by molar-refractivity contribution is -0.0597. The van der Waals surface area contributed by atoms with Gasteiger partial charge in [0.15, 0.2) is 0 Å². The van der Waals surface area contributed by atoms with Crippen LogP contribution in [0, 0.1) is 6.92 Å². The smallest absolute Gasteiger partial charge is 0.0657 e. The molecule has 2 heterocycles. The first-order valence-electron chi connectivity index (χ1n) is 5.23. The lowest BCUT2D eigenvalue weighted by Crippen LogP contribution is -2.33. The third-order valence-electron chi connectivity index (χ3n) is 2.84. The Hall–Kier alpha value is -0.830. The van der Waals surface area contributed by atoms with Gasteiger partial charge in [0.25, 0.3) is 0 Å². The summed E-state index contributed by atoms with van der Waals surface area (Å²) < 4.78 is 5.69. The van der Waals surface area contributed by atoms with E-state index in [0.29, 0.717) is 5.92 Å². The van der Waals surface area contributed by atoms with Gasteiger partial charge in [-0.1, -0.05) is 0 Å². The maximum atomic E-state index is 5.69. The molecule has 1 aromatic heterocycles. The molecule has 2 rings (SSSR count). The van der Waals surface area contributed by atoms with Crippen LogP contribution in [0.3, 0.4) is 0 Å². The van der Waals surface area contributed by atoms with Gasteiger partial charge in [-0.25, -0.2) is 0 Å². The third kappa shape index (κ3) is 1.98. The Morgan fingerprint density at radius 1 is 1.57 bits per heavy atom. The second-order valence-electron chi connectivity index (χ2n) is 4.77.